The maximum absolute atomic E-state index is 12.5. The van der Waals surface area contributed by atoms with E-state index in [1.54, 1.807) is 12.1 Å². The third-order valence-electron chi connectivity index (χ3n) is 7.47. The van der Waals surface area contributed by atoms with Crippen LogP contribution in [0.2, 0.25) is 0 Å². The number of hydrogen-bond acceptors (Lipinski definition) is 4. The van der Waals surface area contributed by atoms with Crippen LogP contribution in [-0.2, 0) is 14.8 Å². The van der Waals surface area contributed by atoms with E-state index in [1.165, 1.54) is 50.7 Å². The Morgan fingerprint density at radius 3 is 2.20 bits per heavy atom. The summed E-state index contributed by atoms with van der Waals surface area (Å²) < 4.78 is 32.8. The van der Waals surface area contributed by atoms with Gasteiger partial charge in [-0.3, -0.25) is 4.79 Å². The Bertz CT molecular complexity index is 830. The van der Waals surface area contributed by atoms with Gasteiger partial charge >= 0.3 is 0 Å². The van der Waals surface area contributed by atoms with Gasteiger partial charge in [-0.2, -0.15) is 0 Å². The van der Waals surface area contributed by atoms with E-state index in [0.717, 1.165) is 17.8 Å². The van der Waals surface area contributed by atoms with Crippen molar-refractivity contribution in [2.24, 2.45) is 23.2 Å². The van der Waals surface area contributed by atoms with E-state index >= 15 is 0 Å². The molecule has 0 aromatic heterocycles. The van der Waals surface area contributed by atoms with Crippen LogP contribution in [0, 0.1) is 23.2 Å². The number of carbonyl (C=O) groups excluding carboxylic acids is 1. The predicted octanol–water partition coefficient (Wildman–Crippen LogP) is 3.47. The molecule has 166 valence electrons. The SMILES string of the molecule is CCOc1ccc(S(=O)(=O)NCCC(=O)NC(C)C23CC4CC(CC(C4)C2)C3)cc1. The smallest absolute Gasteiger partial charge is 0.240 e. The average Bonchev–Trinajstić information content (AvgIpc) is 2.67. The number of ether oxygens (including phenoxy) is 1. The van der Waals surface area contributed by atoms with Gasteiger partial charge in [0.05, 0.1) is 11.5 Å². The van der Waals surface area contributed by atoms with E-state index in [2.05, 4.69) is 17.0 Å². The highest BCUT2D eigenvalue weighted by atomic mass is 32.2. The van der Waals surface area contributed by atoms with Crippen molar-refractivity contribution in [2.75, 3.05) is 13.2 Å². The fourth-order valence-corrected chi connectivity index (χ4v) is 7.47. The summed E-state index contributed by atoms with van der Waals surface area (Å²) in [6.07, 6.45) is 8.02. The maximum atomic E-state index is 12.5. The van der Waals surface area contributed by atoms with Gasteiger partial charge in [-0.25, -0.2) is 13.1 Å². The Morgan fingerprint density at radius 1 is 1.10 bits per heavy atom. The number of sulfonamides is 1. The Balaban J connectivity index is 1.26. The highest BCUT2D eigenvalue weighted by Crippen LogP contribution is 2.61. The van der Waals surface area contributed by atoms with Crippen LogP contribution in [0.3, 0.4) is 0 Å². The van der Waals surface area contributed by atoms with Crippen molar-refractivity contribution in [1.29, 1.82) is 0 Å². The molecule has 4 bridgehead atoms. The first kappa shape index (κ1) is 21.6. The van der Waals surface area contributed by atoms with Gasteiger partial charge in [-0.05, 0) is 99.8 Å². The topological polar surface area (TPSA) is 84.5 Å². The number of benzene rings is 1. The molecule has 30 heavy (non-hydrogen) atoms. The standard InChI is InChI=1S/C23H34N2O4S/c1-3-29-20-4-6-21(7-5-20)30(27,28)24-9-8-22(26)25-16(2)23-13-17-10-18(14-23)12-19(11-17)15-23/h4-7,16-19,24H,3,8-15H2,1-2H3,(H,25,26). The molecule has 1 aromatic carbocycles. The number of rotatable bonds is 9. The third-order valence-corrected chi connectivity index (χ3v) is 8.95. The van der Waals surface area contributed by atoms with Gasteiger partial charge in [-0.1, -0.05) is 0 Å². The highest BCUT2D eigenvalue weighted by molar-refractivity contribution is 7.89. The predicted molar refractivity (Wildman–Crippen MR) is 116 cm³/mol. The Morgan fingerprint density at radius 2 is 1.67 bits per heavy atom. The molecule has 0 spiro atoms. The lowest BCUT2D eigenvalue weighted by Crippen LogP contribution is -2.56. The Kier molecular flexibility index (Phi) is 6.13. The molecule has 2 N–H and O–H groups in total. The van der Waals surface area contributed by atoms with E-state index in [0.29, 0.717) is 12.4 Å². The first-order chi connectivity index (χ1) is 14.3. The van der Waals surface area contributed by atoms with Gasteiger partial charge in [0.25, 0.3) is 0 Å². The summed E-state index contributed by atoms with van der Waals surface area (Å²) >= 11 is 0. The number of nitrogens with one attached hydrogen (secondary N) is 2. The summed E-state index contributed by atoms with van der Waals surface area (Å²) in [6, 6.07) is 6.46. The lowest BCUT2D eigenvalue weighted by atomic mass is 9.48. The van der Waals surface area contributed by atoms with Gasteiger partial charge in [0, 0.05) is 19.0 Å². The van der Waals surface area contributed by atoms with Gasteiger partial charge < -0.3 is 10.1 Å². The van der Waals surface area contributed by atoms with Crippen LogP contribution < -0.4 is 14.8 Å². The van der Waals surface area contributed by atoms with E-state index in [9.17, 15) is 13.2 Å². The maximum Gasteiger partial charge on any atom is 0.240 e. The van der Waals surface area contributed by atoms with Crippen LogP contribution in [0.4, 0.5) is 0 Å². The first-order valence-corrected chi connectivity index (χ1v) is 12.8. The normalized spacial score (nSPS) is 30.8. The summed E-state index contributed by atoms with van der Waals surface area (Å²) in [5.74, 6) is 3.09. The quantitative estimate of drug-likeness (QED) is 0.623. The number of amides is 1. The summed E-state index contributed by atoms with van der Waals surface area (Å²) in [5, 5.41) is 3.19. The van der Waals surface area contributed by atoms with E-state index < -0.39 is 10.0 Å². The van der Waals surface area contributed by atoms with Gasteiger partial charge in [0.1, 0.15) is 5.75 Å². The van der Waals surface area contributed by atoms with E-state index in [4.69, 9.17) is 4.74 Å². The molecule has 4 aliphatic carbocycles. The molecule has 4 aliphatic rings. The zero-order chi connectivity index (χ0) is 21.4. The average molecular weight is 435 g/mol. The summed E-state index contributed by atoms with van der Waals surface area (Å²) in [6.45, 7) is 4.65. The Hall–Kier alpha value is -1.60. The minimum Gasteiger partial charge on any atom is -0.494 e. The molecule has 1 amide bonds. The van der Waals surface area contributed by atoms with Crippen molar-refractivity contribution in [3.05, 3.63) is 24.3 Å². The number of hydrogen-bond donors (Lipinski definition) is 2. The molecule has 4 saturated carbocycles. The molecule has 0 heterocycles. The van der Waals surface area contributed by atoms with Crippen molar-refractivity contribution in [2.45, 2.75) is 69.7 Å². The molecule has 6 nitrogen and oxygen atoms in total. The van der Waals surface area contributed by atoms with Crippen LogP contribution >= 0.6 is 0 Å². The number of carbonyl (C=O) groups is 1. The van der Waals surface area contributed by atoms with Crippen LogP contribution in [0.1, 0.15) is 58.8 Å². The van der Waals surface area contributed by atoms with Crippen molar-refractivity contribution < 1.29 is 17.9 Å². The summed E-state index contributed by atoms with van der Waals surface area (Å²) in [5.41, 5.74) is 0.256. The second-order valence-electron chi connectivity index (χ2n) is 9.62. The van der Waals surface area contributed by atoms with Crippen molar-refractivity contribution in [3.8, 4) is 5.75 Å². The van der Waals surface area contributed by atoms with Crippen LogP contribution in [0.5, 0.6) is 5.75 Å². The molecule has 0 radical (unpaired) electrons. The van der Waals surface area contributed by atoms with Gasteiger partial charge in [-0.15, -0.1) is 0 Å². The highest BCUT2D eigenvalue weighted by Gasteiger charge is 2.53. The molecule has 7 heteroatoms. The van der Waals surface area contributed by atoms with Crippen LogP contribution in [-0.4, -0.2) is 33.5 Å². The summed E-state index contributed by atoms with van der Waals surface area (Å²) in [7, 11) is -3.64. The molecule has 0 saturated heterocycles. The first-order valence-electron chi connectivity index (χ1n) is 11.3. The van der Waals surface area contributed by atoms with Gasteiger partial charge in [0.2, 0.25) is 15.9 Å². The van der Waals surface area contributed by atoms with E-state index in [-0.39, 0.29) is 35.2 Å². The molecule has 1 unspecified atom stereocenters. The second-order valence-corrected chi connectivity index (χ2v) is 11.4. The minimum absolute atomic E-state index is 0.0763. The molecular formula is C23H34N2O4S. The van der Waals surface area contributed by atoms with Crippen molar-refractivity contribution in [1.82, 2.24) is 10.0 Å². The van der Waals surface area contributed by atoms with Crippen molar-refractivity contribution >= 4 is 15.9 Å². The lowest BCUT2D eigenvalue weighted by Gasteiger charge is -2.59. The lowest BCUT2D eigenvalue weighted by molar-refractivity contribution is -0.125. The molecule has 5 rings (SSSR count). The molecule has 1 aromatic rings. The Labute approximate surface area is 180 Å². The molecule has 0 aliphatic heterocycles. The third kappa shape index (κ3) is 4.52. The second kappa shape index (κ2) is 8.50. The van der Waals surface area contributed by atoms with Crippen molar-refractivity contribution in [3.63, 3.8) is 0 Å². The zero-order valence-corrected chi connectivity index (χ0v) is 18.8. The molecule has 4 fully saturated rings. The van der Waals surface area contributed by atoms with E-state index in [1.807, 2.05) is 6.92 Å². The van der Waals surface area contributed by atoms with Crippen LogP contribution in [0.25, 0.3) is 0 Å². The molecular weight excluding hydrogens is 400 g/mol. The fourth-order valence-electron chi connectivity index (χ4n) is 6.44. The zero-order valence-electron chi connectivity index (χ0n) is 18.0. The van der Waals surface area contributed by atoms with Crippen LogP contribution in [0.15, 0.2) is 29.2 Å². The van der Waals surface area contributed by atoms with Gasteiger partial charge in [0.15, 0.2) is 0 Å². The molecule has 1 atom stereocenters. The monoisotopic (exact) mass is 434 g/mol. The largest absolute Gasteiger partial charge is 0.494 e. The fraction of sp³-hybridized carbons (Fsp3) is 0.696. The summed E-state index contributed by atoms with van der Waals surface area (Å²) in [4.78, 5) is 12.7. The minimum atomic E-state index is -3.64.